The maximum absolute atomic E-state index is 4.12. The Balaban J connectivity index is 0.000000637. The van der Waals surface area contributed by atoms with E-state index in [0.29, 0.717) is 0 Å². The van der Waals surface area contributed by atoms with Gasteiger partial charge in [-0.15, -0.1) is 13.2 Å². The minimum absolute atomic E-state index is 0.116. The van der Waals surface area contributed by atoms with Crippen molar-refractivity contribution >= 4 is 44.5 Å². The van der Waals surface area contributed by atoms with Crippen LogP contribution in [0.4, 0.5) is 0 Å². The summed E-state index contributed by atoms with van der Waals surface area (Å²) in [6.45, 7) is 22.2. The van der Waals surface area contributed by atoms with Gasteiger partial charge in [0.05, 0.1) is 0 Å². The molecule has 1 spiro atoms. The smallest absolute Gasteiger partial charge is 0.0215 e. The van der Waals surface area contributed by atoms with E-state index in [4.69, 9.17) is 0 Å². The lowest BCUT2D eigenvalue weighted by Crippen LogP contribution is -2.26. The van der Waals surface area contributed by atoms with Gasteiger partial charge >= 0.3 is 0 Å². The van der Waals surface area contributed by atoms with Crippen molar-refractivity contribution in [3.63, 3.8) is 0 Å². The van der Waals surface area contributed by atoms with Crippen molar-refractivity contribution in [2.24, 2.45) is 0 Å². The summed E-state index contributed by atoms with van der Waals surface area (Å²) in [7, 11) is 0. The van der Waals surface area contributed by atoms with Crippen LogP contribution in [0.15, 0.2) is 99.1 Å². The summed E-state index contributed by atoms with van der Waals surface area (Å²) in [5.41, 5.74) is 8.44. The first-order chi connectivity index (χ1) is 20.7. The van der Waals surface area contributed by atoms with Gasteiger partial charge in [-0.05, 0) is 103 Å². The molecule has 0 aliphatic heterocycles. The maximum Gasteiger partial charge on any atom is 0.0215 e. The van der Waals surface area contributed by atoms with E-state index >= 15 is 0 Å². The molecule has 5 aromatic carbocycles. The average Bonchev–Trinajstić information content (AvgIpc) is 3.33. The fraction of sp³-hybridized carbons (Fsp3) is 0.286. The third kappa shape index (κ3) is 5.13. The molecule has 0 amide bonds. The molecule has 42 heavy (non-hydrogen) atoms. The minimum Gasteiger partial charge on any atom is -0.106 e. The van der Waals surface area contributed by atoms with Gasteiger partial charge in [0.25, 0.3) is 0 Å². The summed E-state index contributed by atoms with van der Waals surface area (Å²) in [5, 5.41) is 8.04. The molecule has 216 valence electrons. The van der Waals surface area contributed by atoms with E-state index < -0.39 is 0 Å². The molecule has 0 radical (unpaired) electrons. The van der Waals surface area contributed by atoms with Gasteiger partial charge in [-0.25, -0.2) is 0 Å². The highest BCUT2D eigenvalue weighted by Crippen LogP contribution is 2.57. The fourth-order valence-corrected chi connectivity index (χ4v) is 7.30. The Hall–Kier alpha value is -3.90. The summed E-state index contributed by atoms with van der Waals surface area (Å²) in [6, 6.07) is 28.0. The Morgan fingerprint density at radius 1 is 0.548 bits per heavy atom. The van der Waals surface area contributed by atoms with Crippen molar-refractivity contribution in [3.05, 3.63) is 121 Å². The van der Waals surface area contributed by atoms with Crippen LogP contribution >= 0.6 is 0 Å². The van der Waals surface area contributed by atoms with E-state index in [1.165, 1.54) is 88.4 Å². The number of benzene rings is 5. The average molecular weight is 553 g/mol. The second kappa shape index (κ2) is 13.8. The number of hydrogen-bond acceptors (Lipinski definition) is 0. The number of rotatable bonds is 2. The van der Waals surface area contributed by atoms with E-state index in [0.717, 1.165) is 11.1 Å². The Bertz CT molecular complexity index is 1710. The van der Waals surface area contributed by atoms with Crippen molar-refractivity contribution in [1.29, 1.82) is 0 Å². The largest absolute Gasteiger partial charge is 0.106 e. The summed E-state index contributed by atoms with van der Waals surface area (Å²) >= 11 is 0. The second-order valence-electron chi connectivity index (χ2n) is 10.9. The maximum atomic E-state index is 4.12. The Labute approximate surface area is 254 Å². The van der Waals surface area contributed by atoms with E-state index in [9.17, 15) is 0 Å². The lowest BCUT2D eigenvalue weighted by atomic mass is 9.69. The number of fused-ring (bicyclic) bond motifs is 10. The molecule has 2 aliphatic rings. The molecule has 0 unspecified atom stereocenters. The van der Waals surface area contributed by atoms with Crippen molar-refractivity contribution in [3.8, 4) is 11.1 Å². The van der Waals surface area contributed by atoms with Crippen LogP contribution < -0.4 is 0 Å². The fourth-order valence-electron chi connectivity index (χ4n) is 7.30. The summed E-state index contributed by atoms with van der Waals surface area (Å²) in [4.78, 5) is 0. The van der Waals surface area contributed by atoms with Gasteiger partial charge in [-0.3, -0.25) is 0 Å². The van der Waals surface area contributed by atoms with E-state index in [2.05, 4.69) is 99.1 Å². The second-order valence-corrected chi connectivity index (χ2v) is 10.9. The third-order valence-electron chi connectivity index (χ3n) is 9.05. The lowest BCUT2D eigenvalue weighted by molar-refractivity contribution is 0.373. The molecule has 0 aromatic heterocycles. The third-order valence-corrected chi connectivity index (χ3v) is 9.05. The van der Waals surface area contributed by atoms with Gasteiger partial charge < -0.3 is 0 Å². The van der Waals surface area contributed by atoms with E-state index in [1.807, 2.05) is 39.8 Å². The zero-order chi connectivity index (χ0) is 30.3. The van der Waals surface area contributed by atoms with E-state index in [-0.39, 0.29) is 5.41 Å². The standard InChI is InChI=1S/C36H32.2C2H6.C2H4/c1-3-24-20-27-16-17-33-35(31(27)21-25(24)4-2)32-23-30-28(15-14-26-12-8-9-13-29(26)30)22-34(32)36(33)18-10-6-5-7-11-19-36;3*1-2/h3-4,8-9,12-17,20-23H,1-2,5-7,10-11,18-19H2;2*1-2H3;1-2H2. The van der Waals surface area contributed by atoms with Crippen LogP contribution in [0.5, 0.6) is 0 Å². The van der Waals surface area contributed by atoms with Gasteiger partial charge in [0.15, 0.2) is 0 Å². The molecular weight excluding hydrogens is 504 g/mol. The van der Waals surface area contributed by atoms with Crippen molar-refractivity contribution in [2.45, 2.75) is 78.1 Å². The lowest BCUT2D eigenvalue weighted by Gasteiger charge is -2.34. The molecule has 0 nitrogen and oxygen atoms in total. The topological polar surface area (TPSA) is 0 Å². The van der Waals surface area contributed by atoms with Crippen LogP contribution in [0.2, 0.25) is 0 Å². The normalized spacial score (nSPS) is 14.6. The molecule has 0 saturated heterocycles. The zero-order valence-corrected chi connectivity index (χ0v) is 26.4. The Morgan fingerprint density at radius 2 is 1.12 bits per heavy atom. The molecule has 5 aromatic rings. The van der Waals surface area contributed by atoms with E-state index in [1.54, 1.807) is 11.1 Å². The minimum atomic E-state index is 0.116. The van der Waals surface area contributed by atoms with Crippen molar-refractivity contribution in [1.82, 2.24) is 0 Å². The van der Waals surface area contributed by atoms with Gasteiger partial charge in [-0.2, -0.15) is 0 Å². The number of hydrogen-bond donors (Lipinski definition) is 0. The molecule has 0 heterocycles. The molecular formula is C42H48. The molecule has 1 saturated carbocycles. The predicted octanol–water partition coefficient (Wildman–Crippen LogP) is 13.3. The van der Waals surface area contributed by atoms with Gasteiger partial charge in [0, 0.05) is 5.41 Å². The summed E-state index contributed by atoms with van der Waals surface area (Å²) in [5.74, 6) is 0. The first-order valence-electron chi connectivity index (χ1n) is 16.1. The zero-order valence-electron chi connectivity index (χ0n) is 26.4. The van der Waals surface area contributed by atoms with Crippen LogP contribution in [-0.2, 0) is 5.41 Å². The summed E-state index contributed by atoms with van der Waals surface area (Å²) in [6.07, 6.45) is 13.1. The molecule has 0 atom stereocenters. The van der Waals surface area contributed by atoms with Gasteiger partial charge in [0.1, 0.15) is 0 Å². The van der Waals surface area contributed by atoms with Crippen LogP contribution in [0.1, 0.15) is 94.9 Å². The van der Waals surface area contributed by atoms with Crippen molar-refractivity contribution in [2.75, 3.05) is 0 Å². The van der Waals surface area contributed by atoms with Gasteiger partial charge in [0.2, 0.25) is 0 Å². The van der Waals surface area contributed by atoms with Crippen molar-refractivity contribution < 1.29 is 0 Å². The predicted molar refractivity (Wildman–Crippen MR) is 192 cm³/mol. The quantitative estimate of drug-likeness (QED) is 0.151. The first kappa shape index (κ1) is 31.0. The highest BCUT2D eigenvalue weighted by molar-refractivity contribution is 6.12. The molecule has 0 bridgehead atoms. The van der Waals surface area contributed by atoms with Crippen LogP contribution in [0, 0.1) is 0 Å². The Morgan fingerprint density at radius 3 is 1.81 bits per heavy atom. The Kier molecular flexibility index (Phi) is 10.2. The summed E-state index contributed by atoms with van der Waals surface area (Å²) < 4.78 is 0. The first-order valence-corrected chi connectivity index (χ1v) is 16.1. The molecule has 7 rings (SSSR count). The monoisotopic (exact) mass is 552 g/mol. The highest BCUT2D eigenvalue weighted by atomic mass is 14.5. The molecule has 1 fully saturated rings. The SMILES string of the molecule is C=C.C=Cc1cc2ccc3c(c2cc1C=C)-c1cc2c(ccc4ccccc42)cc1C31CCCCCCC1.CC.CC. The molecule has 0 heteroatoms. The molecule has 2 aliphatic carbocycles. The van der Waals surface area contributed by atoms with Crippen LogP contribution in [0.3, 0.4) is 0 Å². The highest BCUT2D eigenvalue weighted by Gasteiger charge is 2.43. The van der Waals surface area contributed by atoms with Crippen LogP contribution in [0.25, 0.3) is 55.6 Å². The molecule has 0 N–H and O–H groups in total. The van der Waals surface area contributed by atoms with Crippen LogP contribution in [-0.4, -0.2) is 0 Å². The van der Waals surface area contributed by atoms with Gasteiger partial charge in [-0.1, -0.05) is 134 Å².